The van der Waals surface area contributed by atoms with Crippen molar-refractivity contribution >= 4 is 28.5 Å². The largest absolute Gasteiger partial charge is 0.489 e. The molecule has 0 saturated carbocycles. The number of likely N-dealkylation sites (N-methyl/N-ethyl adjacent to an activating group) is 1. The number of hydrogen-bond donors (Lipinski definition) is 1. The normalized spacial score (nSPS) is 14.8. The van der Waals surface area contributed by atoms with Crippen LogP contribution < -0.4 is 14.4 Å². The summed E-state index contributed by atoms with van der Waals surface area (Å²) in [6.45, 7) is 4.57. The summed E-state index contributed by atoms with van der Waals surface area (Å²) in [6.07, 6.45) is -0.455. The molecular formula is C29H27FN2O5. The van der Waals surface area contributed by atoms with Gasteiger partial charge >= 0.3 is 5.97 Å². The molecule has 1 atom stereocenters. The number of halogens is 1. The van der Waals surface area contributed by atoms with Crippen LogP contribution in [0.25, 0.3) is 10.9 Å². The number of fused-ring (bicyclic) bond motifs is 2. The van der Waals surface area contributed by atoms with Gasteiger partial charge in [-0.1, -0.05) is 12.1 Å². The van der Waals surface area contributed by atoms with E-state index in [4.69, 9.17) is 9.47 Å². The van der Waals surface area contributed by atoms with Crippen molar-refractivity contribution in [1.82, 2.24) is 4.57 Å². The molecule has 1 aliphatic heterocycles. The molecule has 1 N–H and O–H groups in total. The minimum atomic E-state index is -1.05. The van der Waals surface area contributed by atoms with Gasteiger partial charge in [0.25, 0.3) is 5.91 Å². The second-order valence-electron chi connectivity index (χ2n) is 9.32. The van der Waals surface area contributed by atoms with Crippen LogP contribution in [0.5, 0.6) is 11.5 Å². The van der Waals surface area contributed by atoms with Gasteiger partial charge in [-0.25, -0.2) is 4.39 Å². The van der Waals surface area contributed by atoms with Crippen LogP contribution >= 0.6 is 0 Å². The number of carbonyl (C=O) groups is 2. The molecule has 0 unspecified atom stereocenters. The summed E-state index contributed by atoms with van der Waals surface area (Å²) < 4.78 is 27.5. The van der Waals surface area contributed by atoms with Crippen LogP contribution in [-0.4, -0.2) is 47.9 Å². The van der Waals surface area contributed by atoms with E-state index in [-0.39, 0.29) is 18.4 Å². The van der Waals surface area contributed by atoms with Gasteiger partial charge in [0, 0.05) is 23.7 Å². The number of rotatable bonds is 6. The third-order valence-corrected chi connectivity index (χ3v) is 6.72. The van der Waals surface area contributed by atoms with Crippen LogP contribution in [0.4, 0.5) is 10.1 Å². The molecule has 1 aliphatic rings. The van der Waals surface area contributed by atoms with E-state index in [0.29, 0.717) is 46.6 Å². The Kier molecular flexibility index (Phi) is 6.33. The molecule has 5 rings (SSSR count). The van der Waals surface area contributed by atoms with E-state index in [2.05, 4.69) is 4.90 Å². The highest BCUT2D eigenvalue weighted by molar-refractivity contribution is 6.04. The van der Waals surface area contributed by atoms with Crippen molar-refractivity contribution in [3.05, 3.63) is 88.9 Å². The van der Waals surface area contributed by atoms with Gasteiger partial charge in [-0.2, -0.15) is 0 Å². The Morgan fingerprint density at radius 3 is 2.65 bits per heavy atom. The lowest BCUT2D eigenvalue weighted by Crippen LogP contribution is -2.41. The van der Waals surface area contributed by atoms with Gasteiger partial charge in [0.2, 0.25) is 0 Å². The zero-order chi connectivity index (χ0) is 26.3. The minimum Gasteiger partial charge on any atom is -0.489 e. The van der Waals surface area contributed by atoms with Crippen molar-refractivity contribution in [3.8, 4) is 11.5 Å². The Morgan fingerprint density at radius 2 is 1.89 bits per heavy atom. The molecule has 0 bridgehead atoms. The second-order valence-corrected chi connectivity index (χ2v) is 9.32. The van der Waals surface area contributed by atoms with Gasteiger partial charge < -0.3 is 19.5 Å². The number of para-hydroxylation sites is 2. The average Bonchev–Trinajstić information content (AvgIpc) is 3.12. The number of carboxylic acid groups (broad SMARTS) is 1. The number of aromatic nitrogens is 1. The van der Waals surface area contributed by atoms with Crippen molar-refractivity contribution < 1.29 is 28.6 Å². The molecule has 190 valence electrons. The predicted octanol–water partition coefficient (Wildman–Crippen LogP) is 4.99. The van der Waals surface area contributed by atoms with Crippen LogP contribution in [0.15, 0.2) is 60.7 Å². The fraction of sp³-hybridized carbons (Fsp3) is 0.241. The van der Waals surface area contributed by atoms with Gasteiger partial charge in [0.1, 0.15) is 30.0 Å². The maximum atomic E-state index is 14.0. The van der Waals surface area contributed by atoms with Crippen LogP contribution in [0.1, 0.15) is 27.2 Å². The Bertz CT molecular complexity index is 1530. The lowest BCUT2D eigenvalue weighted by Gasteiger charge is -2.33. The van der Waals surface area contributed by atoms with Gasteiger partial charge in [-0.15, -0.1) is 0 Å². The van der Waals surface area contributed by atoms with E-state index in [1.165, 1.54) is 22.8 Å². The maximum absolute atomic E-state index is 14.0. The fourth-order valence-electron chi connectivity index (χ4n) is 4.93. The van der Waals surface area contributed by atoms with Crippen molar-refractivity contribution in [1.29, 1.82) is 0 Å². The number of carbonyl (C=O) groups excluding carboxylic acids is 1. The van der Waals surface area contributed by atoms with Crippen LogP contribution in [0.2, 0.25) is 0 Å². The number of nitrogens with zero attached hydrogens (tertiary/aromatic N) is 2. The van der Waals surface area contributed by atoms with Crippen molar-refractivity contribution in [2.24, 2.45) is 0 Å². The third-order valence-electron chi connectivity index (χ3n) is 6.72. The van der Waals surface area contributed by atoms with E-state index in [1.807, 2.05) is 38.2 Å². The first-order chi connectivity index (χ1) is 17.7. The van der Waals surface area contributed by atoms with Crippen LogP contribution in [-0.2, 0) is 11.2 Å². The number of ether oxygens (including phenoxy) is 2. The molecule has 3 aromatic carbocycles. The highest BCUT2D eigenvalue weighted by atomic mass is 19.1. The summed E-state index contributed by atoms with van der Waals surface area (Å²) in [6, 6.07) is 17.1. The van der Waals surface area contributed by atoms with Gasteiger partial charge in [0.15, 0.2) is 0 Å². The summed E-state index contributed by atoms with van der Waals surface area (Å²) in [7, 11) is 2.02. The molecule has 4 aromatic rings. The molecule has 8 heteroatoms. The molecule has 0 spiro atoms. The molecule has 0 amide bonds. The Hall–Kier alpha value is -4.33. The summed E-state index contributed by atoms with van der Waals surface area (Å²) in [5, 5.41) is 9.77. The van der Waals surface area contributed by atoms with Crippen molar-refractivity contribution in [3.63, 3.8) is 0 Å². The SMILES string of the molecule is Cc1cc(C(=O)n2c(C)c(CC(=O)O)c3cc(F)ccc32)ccc1OC[C@@H]1CN(C)c2ccccc2O1. The lowest BCUT2D eigenvalue weighted by molar-refractivity contribution is -0.136. The standard InChI is InChI=1S/C29H27FN2O5/c1-17-12-19(8-11-26(17)36-16-21-15-31(3)25-6-4-5-7-27(25)37-21)29(35)32-18(2)22(14-28(33)34)23-13-20(30)9-10-24(23)32/h4-13,21H,14-16H2,1-3H3,(H,33,34)/t21-/m0/s1. The van der Waals surface area contributed by atoms with Crippen LogP contribution in [0.3, 0.4) is 0 Å². The number of hydrogen-bond acceptors (Lipinski definition) is 5. The highest BCUT2D eigenvalue weighted by Crippen LogP contribution is 2.33. The van der Waals surface area contributed by atoms with Gasteiger partial charge in [-0.05, 0) is 73.5 Å². The minimum absolute atomic E-state index is 0.150. The number of carboxylic acids is 1. The molecule has 0 fully saturated rings. The summed E-state index contributed by atoms with van der Waals surface area (Å²) in [5.41, 5.74) is 3.60. The second kappa shape index (κ2) is 9.61. The molecule has 1 aromatic heterocycles. The molecule has 0 aliphatic carbocycles. The first-order valence-corrected chi connectivity index (χ1v) is 12.0. The summed E-state index contributed by atoms with van der Waals surface area (Å²) in [4.78, 5) is 27.1. The first kappa shape index (κ1) is 24.4. The Balaban J connectivity index is 1.37. The quantitative estimate of drug-likeness (QED) is 0.400. The zero-order valence-corrected chi connectivity index (χ0v) is 20.8. The molecule has 37 heavy (non-hydrogen) atoms. The van der Waals surface area contributed by atoms with E-state index in [1.54, 1.807) is 25.1 Å². The Morgan fingerprint density at radius 1 is 1.11 bits per heavy atom. The van der Waals surface area contributed by atoms with E-state index in [9.17, 15) is 19.1 Å². The first-order valence-electron chi connectivity index (χ1n) is 12.0. The van der Waals surface area contributed by atoms with Crippen LogP contribution in [0, 0.1) is 19.7 Å². The van der Waals surface area contributed by atoms with E-state index < -0.39 is 11.8 Å². The third kappa shape index (κ3) is 4.62. The number of benzene rings is 3. The predicted molar refractivity (Wildman–Crippen MR) is 139 cm³/mol. The number of aliphatic carboxylic acids is 1. The molecule has 0 saturated heterocycles. The van der Waals surface area contributed by atoms with Crippen molar-refractivity contribution in [2.75, 3.05) is 25.1 Å². The molecule has 7 nitrogen and oxygen atoms in total. The van der Waals surface area contributed by atoms with E-state index in [0.717, 1.165) is 17.0 Å². The highest BCUT2D eigenvalue weighted by Gasteiger charge is 2.25. The lowest BCUT2D eigenvalue weighted by atomic mass is 10.1. The fourth-order valence-corrected chi connectivity index (χ4v) is 4.93. The molecule has 2 heterocycles. The smallest absolute Gasteiger partial charge is 0.307 e. The van der Waals surface area contributed by atoms with Gasteiger partial charge in [0.05, 0.1) is 24.2 Å². The number of aryl methyl sites for hydroxylation is 1. The monoisotopic (exact) mass is 502 g/mol. The van der Waals surface area contributed by atoms with Crippen molar-refractivity contribution in [2.45, 2.75) is 26.4 Å². The Labute approximate surface area is 213 Å². The van der Waals surface area contributed by atoms with E-state index >= 15 is 0 Å². The molecule has 0 radical (unpaired) electrons. The maximum Gasteiger partial charge on any atom is 0.307 e. The molecular weight excluding hydrogens is 475 g/mol. The number of anilines is 1. The summed E-state index contributed by atoms with van der Waals surface area (Å²) in [5.74, 6) is -0.400. The van der Waals surface area contributed by atoms with Gasteiger partial charge in [-0.3, -0.25) is 14.2 Å². The summed E-state index contributed by atoms with van der Waals surface area (Å²) >= 11 is 0. The zero-order valence-electron chi connectivity index (χ0n) is 20.8. The average molecular weight is 503 g/mol. The topological polar surface area (TPSA) is 81.0 Å².